The van der Waals surface area contributed by atoms with Crippen LogP contribution in [0, 0.1) is 5.92 Å². The first kappa shape index (κ1) is 19.1. The van der Waals surface area contributed by atoms with Crippen molar-refractivity contribution < 1.29 is 4.79 Å². The Morgan fingerprint density at radius 1 is 1.35 bits per heavy atom. The van der Waals surface area contributed by atoms with Crippen molar-refractivity contribution in [2.75, 3.05) is 18.4 Å². The van der Waals surface area contributed by atoms with Crippen LogP contribution in [0.4, 0.5) is 5.69 Å². The predicted octanol–water partition coefficient (Wildman–Crippen LogP) is 4.30. The van der Waals surface area contributed by atoms with Crippen molar-refractivity contribution in [2.45, 2.75) is 53.4 Å². The van der Waals surface area contributed by atoms with Gasteiger partial charge in [-0.3, -0.25) is 4.79 Å². The first-order chi connectivity index (χ1) is 9.77. The van der Waals surface area contributed by atoms with Crippen molar-refractivity contribution in [3.8, 4) is 0 Å². The Morgan fingerprint density at radius 3 is 2.45 bits per heavy atom. The third kappa shape index (κ3) is 8.33. The van der Waals surface area contributed by atoms with E-state index in [4.69, 9.17) is 0 Å². The van der Waals surface area contributed by atoms with Gasteiger partial charge in [0.2, 0.25) is 6.41 Å². The fraction of sp³-hybridized carbons (Fsp3) is 0.688. The monoisotopic (exact) mass is 298 g/mol. The summed E-state index contributed by atoms with van der Waals surface area (Å²) in [5, 5.41) is 10.0. The van der Waals surface area contributed by atoms with Gasteiger partial charge in [0.15, 0.2) is 0 Å². The highest BCUT2D eigenvalue weighted by molar-refractivity contribution is 7.08. The smallest absolute Gasteiger partial charge is 0.211 e. The zero-order chi connectivity index (χ0) is 15.2. The minimum Gasteiger partial charge on any atom is -0.328 e. The van der Waals surface area contributed by atoms with Gasteiger partial charge in [-0.15, -0.1) is 11.3 Å². The van der Waals surface area contributed by atoms with Gasteiger partial charge in [-0.1, -0.05) is 34.1 Å². The van der Waals surface area contributed by atoms with E-state index in [1.54, 1.807) is 11.3 Å². The molecular formula is C16H30N2OS. The quantitative estimate of drug-likeness (QED) is 0.814. The Bertz CT molecular complexity index is 333. The molecule has 0 spiro atoms. The molecule has 1 aromatic heterocycles. The number of thiophene rings is 1. The summed E-state index contributed by atoms with van der Waals surface area (Å²) in [7, 11) is 0. The Hall–Kier alpha value is -0.870. The number of hydrogen-bond acceptors (Lipinski definition) is 3. The van der Waals surface area contributed by atoms with Crippen LogP contribution in [-0.4, -0.2) is 19.5 Å². The van der Waals surface area contributed by atoms with E-state index >= 15 is 0 Å². The summed E-state index contributed by atoms with van der Waals surface area (Å²) in [4.78, 5) is 10.1. The number of aryl methyl sites for hydroxylation is 1. The van der Waals surface area contributed by atoms with Gasteiger partial charge in [0, 0.05) is 5.38 Å². The molecule has 3 nitrogen and oxygen atoms in total. The van der Waals surface area contributed by atoms with Crippen molar-refractivity contribution in [2.24, 2.45) is 5.92 Å². The van der Waals surface area contributed by atoms with Crippen LogP contribution in [0.2, 0.25) is 0 Å². The molecule has 20 heavy (non-hydrogen) atoms. The molecule has 0 aromatic carbocycles. The molecule has 1 aliphatic rings. The number of amides is 1. The summed E-state index contributed by atoms with van der Waals surface area (Å²) in [6.07, 6.45) is 5.63. The van der Waals surface area contributed by atoms with Crippen molar-refractivity contribution in [3.63, 3.8) is 0 Å². The molecule has 0 atom stereocenters. The molecule has 1 aromatic rings. The van der Waals surface area contributed by atoms with Gasteiger partial charge < -0.3 is 10.6 Å². The number of piperidine rings is 1. The molecule has 0 radical (unpaired) electrons. The average molecular weight is 298 g/mol. The molecule has 116 valence electrons. The third-order valence-electron chi connectivity index (χ3n) is 3.10. The fourth-order valence-electron chi connectivity index (χ4n) is 1.94. The van der Waals surface area contributed by atoms with Crippen LogP contribution in [0.1, 0.15) is 52.5 Å². The van der Waals surface area contributed by atoms with Gasteiger partial charge in [0.1, 0.15) is 0 Å². The van der Waals surface area contributed by atoms with E-state index in [-0.39, 0.29) is 0 Å². The lowest BCUT2D eigenvalue weighted by atomic mass is 10.0. The topological polar surface area (TPSA) is 41.1 Å². The molecule has 1 aliphatic heterocycles. The van der Waals surface area contributed by atoms with Gasteiger partial charge in [-0.2, -0.15) is 0 Å². The molecule has 0 aliphatic carbocycles. The summed E-state index contributed by atoms with van der Waals surface area (Å²) < 4.78 is 0. The first-order valence-corrected chi connectivity index (χ1v) is 8.68. The van der Waals surface area contributed by atoms with E-state index in [0.29, 0.717) is 0 Å². The number of carbonyl (C=O) groups is 1. The molecule has 1 amide bonds. The van der Waals surface area contributed by atoms with Gasteiger partial charge in [-0.25, -0.2) is 0 Å². The second-order valence-corrected chi connectivity index (χ2v) is 5.50. The number of carbonyl (C=O) groups excluding carboxylic acids is 1. The lowest BCUT2D eigenvalue weighted by molar-refractivity contribution is -0.105. The minimum absolute atomic E-state index is 0.723. The molecule has 2 rings (SSSR count). The summed E-state index contributed by atoms with van der Waals surface area (Å²) in [5.74, 6) is 0.973. The van der Waals surface area contributed by atoms with E-state index < -0.39 is 0 Å². The number of hydrogen-bond donors (Lipinski definition) is 2. The van der Waals surface area contributed by atoms with Crippen molar-refractivity contribution in [1.29, 1.82) is 0 Å². The molecule has 1 saturated heterocycles. The zero-order valence-electron chi connectivity index (χ0n) is 13.4. The van der Waals surface area contributed by atoms with E-state index in [1.165, 1.54) is 31.5 Å². The van der Waals surface area contributed by atoms with E-state index in [9.17, 15) is 4.79 Å². The van der Waals surface area contributed by atoms with Crippen molar-refractivity contribution in [1.82, 2.24) is 5.32 Å². The van der Waals surface area contributed by atoms with Crippen LogP contribution in [-0.2, 0) is 11.2 Å². The van der Waals surface area contributed by atoms with Gasteiger partial charge >= 0.3 is 0 Å². The second-order valence-electron chi connectivity index (χ2n) is 4.76. The predicted molar refractivity (Wildman–Crippen MR) is 90.6 cm³/mol. The maximum Gasteiger partial charge on any atom is 0.211 e. The molecule has 0 saturated carbocycles. The summed E-state index contributed by atoms with van der Waals surface area (Å²) in [6, 6.07) is 0. The normalized spacial score (nSPS) is 14.4. The van der Waals surface area contributed by atoms with Crippen LogP contribution in [0.3, 0.4) is 0 Å². The standard InChI is InChI=1S/C8H11NOS.C6H13N.C2H6/c1-2-3-7-4-11-5-8(7)9-6-10;1-6-2-4-7-5-3-6;1-2/h4-6H,2-3H2,1H3,(H,9,10);6-7H,2-5H2,1H3;1-2H3. The number of nitrogens with one attached hydrogen (secondary N) is 2. The summed E-state index contributed by atoms with van der Waals surface area (Å²) in [6.45, 7) is 10.9. The van der Waals surface area contributed by atoms with Crippen molar-refractivity contribution in [3.05, 3.63) is 16.3 Å². The molecule has 2 heterocycles. The maximum atomic E-state index is 10.1. The van der Waals surface area contributed by atoms with Crippen LogP contribution in [0.15, 0.2) is 10.8 Å². The molecule has 0 bridgehead atoms. The molecule has 1 fully saturated rings. The Balaban J connectivity index is 0.000000345. The third-order valence-corrected chi connectivity index (χ3v) is 3.90. The van der Waals surface area contributed by atoms with E-state index in [1.807, 2.05) is 19.2 Å². The average Bonchev–Trinajstić information content (AvgIpc) is 2.91. The highest BCUT2D eigenvalue weighted by Crippen LogP contribution is 2.21. The molecular weight excluding hydrogens is 268 g/mol. The largest absolute Gasteiger partial charge is 0.328 e. The Morgan fingerprint density at radius 2 is 2.00 bits per heavy atom. The van der Waals surface area contributed by atoms with Crippen LogP contribution < -0.4 is 10.6 Å². The molecule has 2 N–H and O–H groups in total. The van der Waals surface area contributed by atoms with Crippen molar-refractivity contribution >= 4 is 23.4 Å². The lowest BCUT2D eigenvalue weighted by Gasteiger charge is -2.17. The number of rotatable bonds is 4. The van der Waals surface area contributed by atoms with Gasteiger partial charge in [-0.05, 0) is 49.2 Å². The fourth-order valence-corrected chi connectivity index (χ4v) is 2.78. The second kappa shape index (κ2) is 13.1. The highest BCUT2D eigenvalue weighted by Gasteiger charge is 2.05. The summed E-state index contributed by atoms with van der Waals surface area (Å²) in [5.41, 5.74) is 2.21. The van der Waals surface area contributed by atoms with Gasteiger partial charge in [0.25, 0.3) is 0 Å². The van der Waals surface area contributed by atoms with Crippen LogP contribution >= 0.6 is 11.3 Å². The number of anilines is 1. The van der Waals surface area contributed by atoms with Gasteiger partial charge in [0.05, 0.1) is 5.69 Å². The molecule has 4 heteroatoms. The minimum atomic E-state index is 0.723. The maximum absolute atomic E-state index is 10.1. The van der Waals surface area contributed by atoms with Crippen LogP contribution in [0.25, 0.3) is 0 Å². The first-order valence-electron chi connectivity index (χ1n) is 7.73. The van der Waals surface area contributed by atoms with Crippen LogP contribution in [0.5, 0.6) is 0 Å². The lowest BCUT2D eigenvalue weighted by Crippen LogP contribution is -2.26. The SMILES string of the molecule is CC.CC1CCNCC1.CCCc1cscc1NC=O. The van der Waals surface area contributed by atoms with E-state index in [0.717, 1.165) is 30.9 Å². The molecule has 0 unspecified atom stereocenters. The summed E-state index contributed by atoms with van der Waals surface area (Å²) >= 11 is 1.62. The van der Waals surface area contributed by atoms with E-state index in [2.05, 4.69) is 29.9 Å². The Labute approximate surface area is 128 Å². The highest BCUT2D eigenvalue weighted by atomic mass is 32.1. The zero-order valence-corrected chi connectivity index (χ0v) is 14.2. The Kier molecular flexibility index (Phi) is 12.6.